The van der Waals surface area contributed by atoms with E-state index in [-0.39, 0.29) is 11.2 Å². The molecule has 1 unspecified atom stereocenters. The summed E-state index contributed by atoms with van der Waals surface area (Å²) in [4.78, 5) is 14.5. The Morgan fingerprint density at radius 1 is 1.21 bits per heavy atom. The molecule has 4 rings (SSSR count). The Balaban J connectivity index is 1.75. The van der Waals surface area contributed by atoms with Crippen molar-refractivity contribution in [3.8, 4) is 22.6 Å². The lowest BCUT2D eigenvalue weighted by molar-refractivity contribution is -0.922. The van der Waals surface area contributed by atoms with E-state index in [0.717, 1.165) is 30.0 Å². The van der Waals surface area contributed by atoms with Crippen LogP contribution < -0.4 is 15.1 Å². The van der Waals surface area contributed by atoms with Crippen molar-refractivity contribution in [2.24, 2.45) is 5.92 Å². The van der Waals surface area contributed by atoms with Gasteiger partial charge in [-0.3, -0.25) is 4.79 Å². The first-order valence-corrected chi connectivity index (χ1v) is 9.81. The summed E-state index contributed by atoms with van der Waals surface area (Å²) in [7, 11) is 1.61. The molecule has 0 amide bonds. The number of rotatable bonds is 4. The Morgan fingerprint density at radius 2 is 2.00 bits per heavy atom. The van der Waals surface area contributed by atoms with Gasteiger partial charge in [0.15, 0.2) is 0 Å². The van der Waals surface area contributed by atoms with Crippen molar-refractivity contribution in [3.63, 3.8) is 0 Å². The van der Waals surface area contributed by atoms with Crippen LogP contribution in [0.5, 0.6) is 11.5 Å². The molecular weight excluding hydrogens is 354 g/mol. The number of nitrogens with one attached hydrogen (secondary N) is 1. The fraction of sp³-hybridized carbons (Fsp3) is 0.348. The predicted molar refractivity (Wildman–Crippen MR) is 109 cm³/mol. The van der Waals surface area contributed by atoms with Crippen LogP contribution >= 0.6 is 0 Å². The average molecular weight is 380 g/mol. The number of methoxy groups -OCH3 is 1. The largest absolute Gasteiger partial charge is 0.507 e. The third-order valence-electron chi connectivity index (χ3n) is 5.71. The molecule has 1 aliphatic rings. The molecule has 1 aromatic heterocycles. The number of hydrogen-bond donors (Lipinski definition) is 2. The van der Waals surface area contributed by atoms with E-state index < -0.39 is 0 Å². The minimum atomic E-state index is -0.0883. The summed E-state index contributed by atoms with van der Waals surface area (Å²) in [6.07, 6.45) is 3.95. The number of fused-ring (bicyclic) bond motifs is 1. The number of likely N-dealkylation sites (tertiary alicyclic amines) is 1. The third-order valence-corrected chi connectivity index (χ3v) is 5.71. The molecule has 28 heavy (non-hydrogen) atoms. The van der Waals surface area contributed by atoms with Crippen LogP contribution in [0.3, 0.4) is 0 Å². The van der Waals surface area contributed by atoms with Crippen molar-refractivity contribution in [2.45, 2.75) is 26.3 Å². The number of phenols is 1. The van der Waals surface area contributed by atoms with E-state index in [1.807, 2.05) is 24.3 Å². The summed E-state index contributed by atoms with van der Waals surface area (Å²) >= 11 is 0. The predicted octanol–water partition coefficient (Wildman–Crippen LogP) is 2.99. The number of quaternary nitrogens is 1. The number of hydrogen-bond acceptors (Lipinski definition) is 4. The molecule has 1 fully saturated rings. The van der Waals surface area contributed by atoms with Gasteiger partial charge >= 0.3 is 0 Å². The monoisotopic (exact) mass is 380 g/mol. The minimum Gasteiger partial charge on any atom is -0.507 e. The highest BCUT2D eigenvalue weighted by molar-refractivity contribution is 5.85. The van der Waals surface area contributed by atoms with Gasteiger partial charge in [-0.1, -0.05) is 19.1 Å². The molecule has 0 saturated carbocycles. The molecule has 146 valence electrons. The summed E-state index contributed by atoms with van der Waals surface area (Å²) in [5.74, 6) is 1.60. The molecule has 5 nitrogen and oxygen atoms in total. The minimum absolute atomic E-state index is 0.0883. The van der Waals surface area contributed by atoms with Gasteiger partial charge in [-0.05, 0) is 42.7 Å². The Kier molecular flexibility index (Phi) is 5.09. The summed E-state index contributed by atoms with van der Waals surface area (Å²) in [6, 6.07) is 10.6. The highest BCUT2D eigenvalue weighted by Gasteiger charge is 2.23. The fourth-order valence-electron chi connectivity index (χ4n) is 4.20. The number of benzene rings is 2. The van der Waals surface area contributed by atoms with Crippen molar-refractivity contribution in [1.29, 1.82) is 0 Å². The quantitative estimate of drug-likeness (QED) is 0.730. The lowest BCUT2D eigenvalue weighted by atomic mass is 9.99. The van der Waals surface area contributed by atoms with E-state index >= 15 is 0 Å². The van der Waals surface area contributed by atoms with Crippen LogP contribution in [0.4, 0.5) is 0 Å². The van der Waals surface area contributed by atoms with E-state index in [2.05, 4.69) is 6.92 Å². The second-order valence-electron chi connectivity index (χ2n) is 7.78. The molecule has 2 aromatic carbocycles. The zero-order valence-electron chi connectivity index (χ0n) is 16.3. The van der Waals surface area contributed by atoms with Crippen LogP contribution in [0.25, 0.3) is 22.1 Å². The Hall–Kier alpha value is -2.79. The lowest BCUT2D eigenvalue weighted by Gasteiger charge is -2.28. The molecule has 0 aliphatic carbocycles. The molecule has 2 atom stereocenters. The van der Waals surface area contributed by atoms with E-state index in [1.54, 1.807) is 19.2 Å². The number of phenolic OH excluding ortho intramolecular Hbond substituents is 1. The Labute approximate surface area is 164 Å². The molecule has 2 heterocycles. The second kappa shape index (κ2) is 7.68. The molecule has 3 aromatic rings. The van der Waals surface area contributed by atoms with Crippen LogP contribution in [-0.4, -0.2) is 25.3 Å². The number of ether oxygens (including phenoxy) is 1. The van der Waals surface area contributed by atoms with Crippen molar-refractivity contribution in [1.82, 2.24) is 0 Å². The maximum absolute atomic E-state index is 13.1. The van der Waals surface area contributed by atoms with E-state index in [1.165, 1.54) is 24.0 Å². The summed E-state index contributed by atoms with van der Waals surface area (Å²) < 4.78 is 11.1. The Bertz CT molecular complexity index is 1040. The fourth-order valence-corrected chi connectivity index (χ4v) is 4.20. The van der Waals surface area contributed by atoms with Gasteiger partial charge in [-0.2, -0.15) is 0 Å². The maximum atomic E-state index is 13.1. The van der Waals surface area contributed by atoms with Crippen LogP contribution in [0.1, 0.15) is 25.3 Å². The van der Waals surface area contributed by atoms with Gasteiger partial charge in [0.1, 0.15) is 29.9 Å². The molecule has 0 bridgehead atoms. The number of piperidine rings is 1. The van der Waals surface area contributed by atoms with Crippen molar-refractivity contribution in [2.75, 3.05) is 20.2 Å². The first-order chi connectivity index (χ1) is 13.6. The SMILES string of the molecule is COc1ccc(-c2coc3c(C[NH+]4CCC[C@@H](C)C4)c(O)ccc3c2=O)cc1. The molecule has 1 saturated heterocycles. The molecule has 1 aliphatic heterocycles. The first-order valence-electron chi connectivity index (χ1n) is 9.81. The maximum Gasteiger partial charge on any atom is 0.200 e. The van der Waals surface area contributed by atoms with E-state index in [4.69, 9.17) is 9.15 Å². The summed E-state index contributed by atoms with van der Waals surface area (Å²) in [5, 5.41) is 11.0. The molecular formula is C23H26NO4+. The van der Waals surface area contributed by atoms with Gasteiger partial charge < -0.3 is 19.2 Å². The summed E-state index contributed by atoms with van der Waals surface area (Å²) in [6.45, 7) is 5.08. The van der Waals surface area contributed by atoms with E-state index in [0.29, 0.717) is 29.0 Å². The normalized spacial score (nSPS) is 19.6. The van der Waals surface area contributed by atoms with Gasteiger partial charge in [-0.15, -0.1) is 0 Å². The molecule has 5 heteroatoms. The highest BCUT2D eigenvalue weighted by Crippen LogP contribution is 2.28. The highest BCUT2D eigenvalue weighted by atomic mass is 16.5. The Morgan fingerprint density at radius 3 is 2.71 bits per heavy atom. The smallest absolute Gasteiger partial charge is 0.200 e. The zero-order chi connectivity index (χ0) is 19.7. The first kappa shape index (κ1) is 18.6. The van der Waals surface area contributed by atoms with Gasteiger partial charge in [0, 0.05) is 5.92 Å². The standard InChI is InChI=1S/C23H25NO4/c1-15-4-3-11-24(12-15)13-19-21(25)10-9-18-22(26)20(14-28-23(18)19)16-5-7-17(27-2)8-6-16/h5-10,14-15,25H,3-4,11-13H2,1-2H3/p+1/t15-/m1/s1. The molecule has 2 N–H and O–H groups in total. The van der Waals surface area contributed by atoms with Crippen molar-refractivity contribution in [3.05, 3.63) is 58.4 Å². The second-order valence-corrected chi connectivity index (χ2v) is 7.78. The van der Waals surface area contributed by atoms with Crippen LogP contribution in [-0.2, 0) is 6.54 Å². The third kappa shape index (κ3) is 3.50. The van der Waals surface area contributed by atoms with Crippen LogP contribution in [0.2, 0.25) is 0 Å². The van der Waals surface area contributed by atoms with Crippen LogP contribution in [0.15, 0.2) is 51.9 Å². The van der Waals surface area contributed by atoms with Gasteiger partial charge in [0.25, 0.3) is 0 Å². The van der Waals surface area contributed by atoms with Gasteiger partial charge in [-0.25, -0.2) is 0 Å². The van der Waals surface area contributed by atoms with Crippen molar-refractivity contribution >= 4 is 11.0 Å². The molecule has 0 radical (unpaired) electrons. The zero-order valence-corrected chi connectivity index (χ0v) is 16.3. The topological polar surface area (TPSA) is 64.1 Å². The summed E-state index contributed by atoms with van der Waals surface area (Å²) in [5.41, 5.74) is 2.41. The van der Waals surface area contributed by atoms with Crippen molar-refractivity contribution < 1.29 is 19.2 Å². The lowest BCUT2D eigenvalue weighted by Crippen LogP contribution is -3.12. The van der Waals surface area contributed by atoms with E-state index in [9.17, 15) is 9.90 Å². The van der Waals surface area contributed by atoms with Gasteiger partial charge in [0.05, 0.1) is 36.7 Å². The number of aromatic hydroxyl groups is 1. The van der Waals surface area contributed by atoms with Gasteiger partial charge in [0.2, 0.25) is 5.43 Å². The molecule has 0 spiro atoms. The average Bonchev–Trinajstić information content (AvgIpc) is 2.71. The van der Waals surface area contributed by atoms with Crippen LogP contribution in [0, 0.1) is 5.92 Å².